The molecule has 2 rings (SSSR count). The van der Waals surface area contributed by atoms with Gasteiger partial charge in [0.15, 0.2) is 0 Å². The molecule has 0 aliphatic carbocycles. The van der Waals surface area contributed by atoms with Crippen LogP contribution in [-0.2, 0) is 11.2 Å². The molecule has 3 N–H and O–H groups in total. The third-order valence-electron chi connectivity index (χ3n) is 3.59. The van der Waals surface area contributed by atoms with Crippen molar-refractivity contribution in [3.8, 4) is 5.75 Å². The second-order valence-electron chi connectivity index (χ2n) is 5.81. The highest BCUT2D eigenvalue weighted by molar-refractivity contribution is 7.09. The summed E-state index contributed by atoms with van der Waals surface area (Å²) >= 11 is 1.41. The van der Waals surface area contributed by atoms with Crippen molar-refractivity contribution < 1.29 is 14.5 Å². The zero-order valence-electron chi connectivity index (χ0n) is 14.2. The Hall–Kier alpha value is -2.52. The first-order valence-electron chi connectivity index (χ1n) is 7.64. The number of thiazole rings is 1. The third kappa shape index (κ3) is 4.74. The summed E-state index contributed by atoms with van der Waals surface area (Å²) in [5, 5.41) is 16.2. The molecular formula is C16H20N4O4S. The van der Waals surface area contributed by atoms with Crippen molar-refractivity contribution in [3.05, 3.63) is 44.4 Å². The number of nitro groups is 1. The fourth-order valence-corrected chi connectivity index (χ4v) is 3.09. The Balaban J connectivity index is 2.09. The summed E-state index contributed by atoms with van der Waals surface area (Å²) in [5.41, 5.74) is 6.52. The minimum atomic E-state index is -0.569. The van der Waals surface area contributed by atoms with E-state index < -0.39 is 4.92 Å². The Morgan fingerprint density at radius 2 is 2.20 bits per heavy atom. The van der Waals surface area contributed by atoms with Crippen LogP contribution in [0.4, 0.5) is 11.4 Å². The Morgan fingerprint density at radius 1 is 1.48 bits per heavy atom. The molecule has 0 bridgehead atoms. The summed E-state index contributed by atoms with van der Waals surface area (Å²) in [4.78, 5) is 27.1. The Morgan fingerprint density at radius 3 is 2.80 bits per heavy atom. The molecule has 1 heterocycles. The van der Waals surface area contributed by atoms with Gasteiger partial charge in [-0.2, -0.15) is 0 Å². The topological polar surface area (TPSA) is 120 Å². The molecule has 25 heavy (non-hydrogen) atoms. The Bertz CT molecular complexity index is 775. The van der Waals surface area contributed by atoms with Gasteiger partial charge in [0.2, 0.25) is 5.91 Å². The molecular weight excluding hydrogens is 344 g/mol. The van der Waals surface area contributed by atoms with Gasteiger partial charge in [-0.15, -0.1) is 11.3 Å². The van der Waals surface area contributed by atoms with E-state index in [1.54, 1.807) is 11.4 Å². The number of hydrogen-bond donors (Lipinski definition) is 2. The number of carbonyl (C=O) groups excluding carboxylic acids is 1. The lowest BCUT2D eigenvalue weighted by molar-refractivity contribution is -0.384. The predicted molar refractivity (Wildman–Crippen MR) is 95.9 cm³/mol. The summed E-state index contributed by atoms with van der Waals surface area (Å²) < 4.78 is 4.97. The number of carbonyl (C=O) groups is 1. The largest absolute Gasteiger partial charge is 0.496 e. The van der Waals surface area contributed by atoms with Crippen LogP contribution in [-0.4, -0.2) is 22.9 Å². The highest BCUT2D eigenvalue weighted by atomic mass is 32.1. The molecule has 1 aromatic carbocycles. The molecule has 0 aliphatic heterocycles. The van der Waals surface area contributed by atoms with Gasteiger partial charge in [-0.05, 0) is 18.1 Å². The van der Waals surface area contributed by atoms with Gasteiger partial charge < -0.3 is 15.8 Å². The van der Waals surface area contributed by atoms with Crippen LogP contribution < -0.4 is 15.8 Å². The summed E-state index contributed by atoms with van der Waals surface area (Å²) in [7, 11) is 1.42. The number of nitrogens with zero attached hydrogens (tertiary/aromatic N) is 2. The van der Waals surface area contributed by atoms with Crippen LogP contribution in [0.5, 0.6) is 5.75 Å². The van der Waals surface area contributed by atoms with Gasteiger partial charge in [0.05, 0.1) is 36.3 Å². The summed E-state index contributed by atoms with van der Waals surface area (Å²) in [6.45, 7) is 4.00. The minimum absolute atomic E-state index is 0.0184. The Kier molecular flexibility index (Phi) is 6.05. The molecule has 1 amide bonds. The second-order valence-corrected chi connectivity index (χ2v) is 6.70. The molecule has 0 fully saturated rings. The minimum Gasteiger partial charge on any atom is -0.496 e. The van der Waals surface area contributed by atoms with Crippen LogP contribution >= 0.6 is 11.3 Å². The van der Waals surface area contributed by atoms with Crippen LogP contribution in [0, 0.1) is 16.0 Å². The van der Waals surface area contributed by atoms with Crippen molar-refractivity contribution in [2.75, 3.05) is 12.4 Å². The smallest absolute Gasteiger partial charge is 0.296 e. The molecule has 9 heteroatoms. The quantitative estimate of drug-likeness (QED) is 0.576. The first-order valence-corrected chi connectivity index (χ1v) is 8.52. The van der Waals surface area contributed by atoms with Crippen LogP contribution in [0.3, 0.4) is 0 Å². The van der Waals surface area contributed by atoms with E-state index in [4.69, 9.17) is 10.5 Å². The summed E-state index contributed by atoms with van der Waals surface area (Å²) in [6.07, 6.45) is 0.0184. The summed E-state index contributed by atoms with van der Waals surface area (Å²) in [6, 6.07) is 4.07. The lowest BCUT2D eigenvalue weighted by Crippen LogP contribution is -2.18. The molecule has 134 valence electrons. The fraction of sp³-hybridized carbons (Fsp3) is 0.375. The van der Waals surface area contributed by atoms with Gasteiger partial charge in [0, 0.05) is 5.38 Å². The molecule has 0 aliphatic rings. The number of nitrogens with two attached hydrogens (primary N) is 1. The highest BCUT2D eigenvalue weighted by Crippen LogP contribution is 2.29. The van der Waals surface area contributed by atoms with Crippen molar-refractivity contribution in [1.29, 1.82) is 0 Å². The van der Waals surface area contributed by atoms with Gasteiger partial charge in [0.25, 0.3) is 5.69 Å². The maximum atomic E-state index is 12.2. The van der Waals surface area contributed by atoms with Gasteiger partial charge in [-0.1, -0.05) is 13.8 Å². The van der Waals surface area contributed by atoms with Gasteiger partial charge in [-0.3, -0.25) is 14.9 Å². The average molecular weight is 364 g/mol. The fourth-order valence-electron chi connectivity index (χ4n) is 2.10. The number of amides is 1. The number of anilines is 1. The zero-order valence-corrected chi connectivity index (χ0v) is 15.0. The first-order chi connectivity index (χ1) is 11.8. The normalized spacial score (nSPS) is 12.0. The number of benzene rings is 1. The van der Waals surface area contributed by atoms with Crippen LogP contribution in [0.2, 0.25) is 0 Å². The van der Waals surface area contributed by atoms with E-state index in [0.29, 0.717) is 11.4 Å². The van der Waals surface area contributed by atoms with E-state index in [2.05, 4.69) is 10.3 Å². The van der Waals surface area contributed by atoms with Gasteiger partial charge in [-0.25, -0.2) is 4.98 Å². The summed E-state index contributed by atoms with van der Waals surface area (Å²) in [5.74, 6) is 0.203. The number of nitrogens with one attached hydrogen (secondary N) is 1. The third-order valence-corrected chi connectivity index (χ3v) is 4.59. The van der Waals surface area contributed by atoms with E-state index in [1.165, 1.54) is 30.6 Å². The number of ether oxygens (including phenoxy) is 1. The standard InChI is InChI=1S/C16H20N4O4S/c1-9(2)15(17)16-18-10(8-25-16)6-14(21)19-12-5-4-11(24-3)7-13(12)20(22)23/h4-5,7-9,15H,6,17H2,1-3H3,(H,19,21). The van der Waals surface area contributed by atoms with Crippen molar-refractivity contribution in [3.63, 3.8) is 0 Å². The van der Waals surface area contributed by atoms with E-state index >= 15 is 0 Å². The molecule has 0 saturated carbocycles. The molecule has 8 nitrogen and oxygen atoms in total. The van der Waals surface area contributed by atoms with Crippen molar-refractivity contribution in [1.82, 2.24) is 4.98 Å². The second kappa shape index (κ2) is 8.04. The average Bonchev–Trinajstić information content (AvgIpc) is 3.02. The monoisotopic (exact) mass is 364 g/mol. The van der Waals surface area contributed by atoms with E-state index in [0.717, 1.165) is 5.01 Å². The van der Waals surface area contributed by atoms with E-state index in [9.17, 15) is 14.9 Å². The molecule has 0 radical (unpaired) electrons. The van der Waals surface area contributed by atoms with Crippen molar-refractivity contribution >= 4 is 28.6 Å². The molecule has 1 aromatic heterocycles. The maximum absolute atomic E-state index is 12.2. The number of rotatable bonds is 7. The van der Waals surface area contributed by atoms with Gasteiger partial charge >= 0.3 is 0 Å². The highest BCUT2D eigenvalue weighted by Gasteiger charge is 2.19. The molecule has 1 unspecified atom stereocenters. The number of nitro benzene ring substituents is 1. The molecule has 0 saturated heterocycles. The first kappa shape index (κ1) is 18.8. The zero-order chi connectivity index (χ0) is 18.6. The molecule has 2 aromatic rings. The van der Waals surface area contributed by atoms with E-state index in [-0.39, 0.29) is 35.7 Å². The molecule has 1 atom stereocenters. The lowest BCUT2D eigenvalue weighted by Gasteiger charge is -2.11. The number of hydrogen-bond acceptors (Lipinski definition) is 7. The molecule has 0 spiro atoms. The van der Waals surface area contributed by atoms with E-state index in [1.807, 2.05) is 13.8 Å². The number of aromatic nitrogens is 1. The predicted octanol–water partition coefficient (Wildman–Crippen LogP) is 2.90. The van der Waals surface area contributed by atoms with Crippen LogP contribution in [0.15, 0.2) is 23.6 Å². The SMILES string of the molecule is COc1ccc(NC(=O)Cc2csc(C(N)C(C)C)n2)c([N+](=O)[O-])c1. The van der Waals surface area contributed by atoms with Crippen LogP contribution in [0.1, 0.15) is 30.6 Å². The van der Waals surface area contributed by atoms with Gasteiger partial charge in [0.1, 0.15) is 16.4 Å². The Labute approximate surface area is 149 Å². The number of methoxy groups -OCH3 is 1. The van der Waals surface area contributed by atoms with Crippen molar-refractivity contribution in [2.24, 2.45) is 11.7 Å². The van der Waals surface area contributed by atoms with Crippen molar-refractivity contribution in [2.45, 2.75) is 26.3 Å². The van der Waals surface area contributed by atoms with Crippen LogP contribution in [0.25, 0.3) is 0 Å². The maximum Gasteiger partial charge on any atom is 0.296 e. The lowest BCUT2D eigenvalue weighted by atomic mass is 10.1.